The van der Waals surface area contributed by atoms with E-state index in [4.69, 9.17) is 11.6 Å². The first-order valence-electron chi connectivity index (χ1n) is 6.37. The van der Waals surface area contributed by atoms with Gasteiger partial charge in [0.1, 0.15) is 5.02 Å². The Balaban J connectivity index is 2.77. The Labute approximate surface area is 127 Å². The molecule has 1 aromatic rings. The number of nitro benzene ring substituents is 1. The molecule has 0 bridgehead atoms. The lowest BCUT2D eigenvalue weighted by atomic mass is 10.2. The Morgan fingerprint density at radius 2 is 2.10 bits per heavy atom. The number of nitrogens with one attached hydrogen (secondary N) is 1. The summed E-state index contributed by atoms with van der Waals surface area (Å²) in [6.07, 6.45) is 1.70. The molecule has 8 heteroatoms. The molecule has 2 amide bonds. The predicted molar refractivity (Wildman–Crippen MR) is 79.3 cm³/mol. The first kappa shape index (κ1) is 16.9. The van der Waals surface area contributed by atoms with E-state index in [2.05, 4.69) is 5.32 Å². The molecule has 0 aliphatic rings. The van der Waals surface area contributed by atoms with Gasteiger partial charge < -0.3 is 10.2 Å². The van der Waals surface area contributed by atoms with Gasteiger partial charge in [0.05, 0.1) is 4.92 Å². The summed E-state index contributed by atoms with van der Waals surface area (Å²) in [4.78, 5) is 35.0. The number of likely N-dealkylation sites (N-methyl/N-ethyl adjacent to an activating group) is 1. The molecule has 0 unspecified atom stereocenters. The molecule has 1 rings (SSSR count). The molecule has 7 nitrogen and oxygen atoms in total. The second kappa shape index (κ2) is 7.58. The van der Waals surface area contributed by atoms with Gasteiger partial charge in [0.15, 0.2) is 0 Å². The summed E-state index contributed by atoms with van der Waals surface area (Å²) in [6.45, 7) is 2.45. The third-order valence-electron chi connectivity index (χ3n) is 2.79. The van der Waals surface area contributed by atoms with Gasteiger partial charge >= 0.3 is 11.8 Å². The van der Waals surface area contributed by atoms with E-state index in [1.165, 1.54) is 24.1 Å². The van der Waals surface area contributed by atoms with Crippen molar-refractivity contribution in [3.05, 3.63) is 33.3 Å². The van der Waals surface area contributed by atoms with Gasteiger partial charge in [-0.15, -0.1) is 0 Å². The Hall–Kier alpha value is -2.15. The zero-order chi connectivity index (χ0) is 16.0. The minimum absolute atomic E-state index is 0.0376. The van der Waals surface area contributed by atoms with Crippen molar-refractivity contribution >= 4 is 34.8 Å². The molecule has 1 N–H and O–H groups in total. The summed E-state index contributed by atoms with van der Waals surface area (Å²) in [7, 11) is 1.53. The quantitative estimate of drug-likeness (QED) is 0.513. The lowest BCUT2D eigenvalue weighted by Crippen LogP contribution is -2.37. The summed E-state index contributed by atoms with van der Waals surface area (Å²) in [5.41, 5.74) is -0.186. The average Bonchev–Trinajstić information content (AvgIpc) is 2.45. The van der Waals surface area contributed by atoms with E-state index in [1.807, 2.05) is 6.92 Å². The Morgan fingerprint density at radius 3 is 2.67 bits per heavy atom. The van der Waals surface area contributed by atoms with E-state index < -0.39 is 16.7 Å². The SMILES string of the molecule is CCCCN(C)C(=O)C(=O)Nc1ccc(Cl)c([N+](=O)[O-])c1. The highest BCUT2D eigenvalue weighted by molar-refractivity contribution is 6.39. The molecule has 0 atom stereocenters. The van der Waals surface area contributed by atoms with Crippen molar-refractivity contribution < 1.29 is 14.5 Å². The minimum Gasteiger partial charge on any atom is -0.338 e. The maximum absolute atomic E-state index is 11.8. The summed E-state index contributed by atoms with van der Waals surface area (Å²) in [5, 5.41) is 13.0. The van der Waals surface area contributed by atoms with Gasteiger partial charge in [-0.25, -0.2) is 0 Å². The zero-order valence-electron chi connectivity index (χ0n) is 11.8. The smallest absolute Gasteiger partial charge is 0.313 e. The highest BCUT2D eigenvalue weighted by atomic mass is 35.5. The van der Waals surface area contributed by atoms with Crippen LogP contribution in [0, 0.1) is 10.1 Å². The highest BCUT2D eigenvalue weighted by Crippen LogP contribution is 2.27. The fraction of sp³-hybridized carbons (Fsp3) is 0.385. The first-order valence-corrected chi connectivity index (χ1v) is 6.75. The number of halogens is 1. The number of carbonyl (C=O) groups is 2. The molecule has 0 fully saturated rings. The van der Waals surface area contributed by atoms with Gasteiger partial charge in [-0.2, -0.15) is 0 Å². The largest absolute Gasteiger partial charge is 0.338 e. The van der Waals surface area contributed by atoms with Crippen LogP contribution in [0.4, 0.5) is 11.4 Å². The number of hydrogen-bond acceptors (Lipinski definition) is 4. The van der Waals surface area contributed by atoms with E-state index in [1.54, 1.807) is 0 Å². The first-order chi connectivity index (χ1) is 9.86. The second-order valence-electron chi connectivity index (χ2n) is 4.46. The van der Waals surface area contributed by atoms with Gasteiger partial charge in [-0.3, -0.25) is 19.7 Å². The number of nitro groups is 1. The van der Waals surface area contributed by atoms with Gasteiger partial charge in [0.25, 0.3) is 5.69 Å². The number of hydrogen-bond donors (Lipinski definition) is 1. The number of rotatable bonds is 5. The van der Waals surface area contributed by atoms with Crippen molar-refractivity contribution in [2.24, 2.45) is 0 Å². The van der Waals surface area contributed by atoms with Crippen molar-refractivity contribution in [2.75, 3.05) is 18.9 Å². The van der Waals surface area contributed by atoms with Crippen molar-refractivity contribution in [3.8, 4) is 0 Å². The second-order valence-corrected chi connectivity index (χ2v) is 4.86. The molecule has 114 valence electrons. The van der Waals surface area contributed by atoms with Crippen molar-refractivity contribution in [3.63, 3.8) is 0 Å². The standard InChI is InChI=1S/C13H16ClN3O4/c1-3-4-7-16(2)13(19)12(18)15-9-5-6-10(14)11(8-9)17(20)21/h5-6,8H,3-4,7H2,1-2H3,(H,15,18). The van der Waals surface area contributed by atoms with Crippen molar-refractivity contribution in [1.29, 1.82) is 0 Å². The van der Waals surface area contributed by atoms with Crippen LogP contribution in [0.25, 0.3) is 0 Å². The maximum Gasteiger partial charge on any atom is 0.313 e. The lowest BCUT2D eigenvalue weighted by molar-refractivity contribution is -0.384. The number of nitrogens with zero attached hydrogens (tertiary/aromatic N) is 2. The Bertz CT molecular complexity index is 562. The van der Waals surface area contributed by atoms with Gasteiger partial charge in [-0.05, 0) is 18.6 Å². The maximum atomic E-state index is 11.8. The molecule has 21 heavy (non-hydrogen) atoms. The van der Waals surface area contributed by atoms with Crippen LogP contribution in [0.15, 0.2) is 18.2 Å². The fourth-order valence-electron chi connectivity index (χ4n) is 1.59. The molecule has 1 aromatic carbocycles. The number of benzene rings is 1. The van der Waals surface area contributed by atoms with E-state index in [0.717, 1.165) is 18.9 Å². The van der Waals surface area contributed by atoms with Gasteiger partial charge in [-0.1, -0.05) is 24.9 Å². The molecular weight excluding hydrogens is 298 g/mol. The topological polar surface area (TPSA) is 92.6 Å². The number of anilines is 1. The monoisotopic (exact) mass is 313 g/mol. The van der Waals surface area contributed by atoms with E-state index in [9.17, 15) is 19.7 Å². The average molecular weight is 314 g/mol. The van der Waals surface area contributed by atoms with E-state index in [-0.39, 0.29) is 16.4 Å². The number of unbranched alkanes of at least 4 members (excludes halogenated alkanes) is 1. The van der Waals surface area contributed by atoms with Crippen LogP contribution >= 0.6 is 11.6 Å². The molecule has 0 spiro atoms. The van der Waals surface area contributed by atoms with E-state index in [0.29, 0.717) is 6.54 Å². The van der Waals surface area contributed by atoms with Crippen LogP contribution < -0.4 is 5.32 Å². The molecule has 0 saturated heterocycles. The molecule has 0 heterocycles. The van der Waals surface area contributed by atoms with Crippen LogP contribution in [0.2, 0.25) is 5.02 Å². The minimum atomic E-state index is -0.842. The van der Waals surface area contributed by atoms with Crippen LogP contribution in [-0.4, -0.2) is 35.2 Å². The van der Waals surface area contributed by atoms with Gasteiger partial charge in [0, 0.05) is 25.3 Å². The van der Waals surface area contributed by atoms with Crippen LogP contribution in [0.1, 0.15) is 19.8 Å². The van der Waals surface area contributed by atoms with E-state index >= 15 is 0 Å². The Morgan fingerprint density at radius 1 is 1.43 bits per heavy atom. The van der Waals surface area contributed by atoms with Crippen molar-refractivity contribution in [2.45, 2.75) is 19.8 Å². The van der Waals surface area contributed by atoms with Gasteiger partial charge in [0.2, 0.25) is 0 Å². The summed E-state index contributed by atoms with van der Waals surface area (Å²) in [5.74, 6) is -1.54. The zero-order valence-corrected chi connectivity index (χ0v) is 12.5. The molecular formula is C13H16ClN3O4. The molecule has 0 radical (unpaired) electrons. The Kier molecular flexibility index (Phi) is 6.10. The summed E-state index contributed by atoms with van der Waals surface area (Å²) >= 11 is 5.67. The molecule has 0 aliphatic heterocycles. The third kappa shape index (κ3) is 4.71. The van der Waals surface area contributed by atoms with Crippen molar-refractivity contribution in [1.82, 2.24) is 4.90 Å². The molecule has 0 aromatic heterocycles. The third-order valence-corrected chi connectivity index (χ3v) is 3.11. The lowest BCUT2D eigenvalue weighted by Gasteiger charge is -2.16. The molecule has 0 saturated carbocycles. The van der Waals surface area contributed by atoms with Crippen LogP contribution in [-0.2, 0) is 9.59 Å². The number of carbonyl (C=O) groups excluding carboxylic acids is 2. The summed E-state index contributed by atoms with van der Waals surface area (Å²) in [6, 6.07) is 3.80. The van der Waals surface area contributed by atoms with Crippen LogP contribution in [0.5, 0.6) is 0 Å². The predicted octanol–water partition coefficient (Wildman–Crippen LogP) is 2.45. The number of amides is 2. The molecule has 0 aliphatic carbocycles. The fourth-order valence-corrected chi connectivity index (χ4v) is 1.77. The summed E-state index contributed by atoms with van der Waals surface area (Å²) < 4.78 is 0. The normalized spacial score (nSPS) is 10.0. The van der Waals surface area contributed by atoms with Crippen LogP contribution in [0.3, 0.4) is 0 Å². The highest BCUT2D eigenvalue weighted by Gasteiger charge is 2.20.